The van der Waals surface area contributed by atoms with Gasteiger partial charge in [-0.1, -0.05) is 12.1 Å². The van der Waals surface area contributed by atoms with Crippen molar-refractivity contribution in [1.29, 1.82) is 0 Å². The second kappa shape index (κ2) is 4.12. The average Bonchev–Trinajstić information content (AvgIpc) is 2.74. The number of hydrogen-bond donors (Lipinski definition) is 2. The molecule has 0 radical (unpaired) electrons. The Morgan fingerprint density at radius 1 is 1.47 bits per heavy atom. The molecule has 1 heterocycles. The van der Waals surface area contributed by atoms with Crippen LogP contribution in [0.25, 0.3) is 0 Å². The molecular weight excluding hydrogens is 263 g/mol. The van der Waals surface area contributed by atoms with Crippen LogP contribution in [0, 0.1) is 5.82 Å². The highest BCUT2D eigenvalue weighted by molar-refractivity contribution is 9.10. The molecule has 15 heavy (non-hydrogen) atoms. The van der Waals surface area contributed by atoms with Gasteiger partial charge in [0.1, 0.15) is 17.7 Å². The van der Waals surface area contributed by atoms with E-state index in [2.05, 4.69) is 25.9 Å². The number of halogens is 2. The fraction of sp³-hybridized carbons (Fsp3) is 0.100. The molecule has 0 amide bonds. The van der Waals surface area contributed by atoms with Crippen LogP contribution in [-0.2, 0) is 0 Å². The zero-order chi connectivity index (χ0) is 10.8. The quantitative estimate of drug-likeness (QED) is 0.881. The number of hydrogen-bond acceptors (Lipinski definition) is 2. The maximum Gasteiger partial charge on any atom is 0.143 e. The van der Waals surface area contributed by atoms with Crippen molar-refractivity contribution in [3.8, 4) is 0 Å². The molecule has 2 N–H and O–H groups in total. The van der Waals surface area contributed by atoms with Crippen molar-refractivity contribution < 1.29 is 9.50 Å². The Hall–Kier alpha value is -1.20. The van der Waals surface area contributed by atoms with E-state index in [-0.39, 0.29) is 5.56 Å². The highest BCUT2D eigenvalue weighted by Crippen LogP contribution is 2.26. The third kappa shape index (κ3) is 1.93. The van der Waals surface area contributed by atoms with Gasteiger partial charge in [-0.05, 0) is 22.0 Å². The molecule has 2 rings (SSSR count). The summed E-state index contributed by atoms with van der Waals surface area (Å²) in [5.74, 6) is -0.145. The number of H-pyrrole nitrogens is 1. The summed E-state index contributed by atoms with van der Waals surface area (Å²) >= 11 is 3.06. The van der Waals surface area contributed by atoms with Crippen molar-refractivity contribution >= 4 is 15.9 Å². The molecule has 0 fully saturated rings. The van der Waals surface area contributed by atoms with E-state index in [0.717, 1.165) is 0 Å². The lowest BCUT2D eigenvalue weighted by molar-refractivity contribution is 0.205. The average molecular weight is 271 g/mol. The number of rotatable bonds is 2. The topological polar surface area (TPSA) is 48.9 Å². The molecule has 2 aromatic rings. The molecule has 3 nitrogen and oxygen atoms in total. The first-order valence-electron chi connectivity index (χ1n) is 4.31. The number of imidazole rings is 1. The van der Waals surface area contributed by atoms with Crippen LogP contribution in [0.2, 0.25) is 0 Å². The maximum atomic E-state index is 13.6. The zero-order valence-electron chi connectivity index (χ0n) is 7.61. The molecule has 0 aliphatic carbocycles. The van der Waals surface area contributed by atoms with Crippen LogP contribution >= 0.6 is 15.9 Å². The summed E-state index contributed by atoms with van der Waals surface area (Å²) in [6, 6.07) is 4.76. The van der Waals surface area contributed by atoms with Gasteiger partial charge in [-0.3, -0.25) is 0 Å². The third-order valence-corrected chi connectivity index (χ3v) is 2.67. The first kappa shape index (κ1) is 10.3. The number of aromatic amines is 1. The minimum Gasteiger partial charge on any atom is -0.380 e. The number of nitrogens with one attached hydrogen (secondary N) is 1. The van der Waals surface area contributed by atoms with Crippen LogP contribution < -0.4 is 0 Å². The van der Waals surface area contributed by atoms with Crippen LogP contribution in [0.15, 0.2) is 35.1 Å². The summed E-state index contributed by atoms with van der Waals surface area (Å²) in [6.07, 6.45) is 2.01. The first-order chi connectivity index (χ1) is 7.20. The lowest BCUT2D eigenvalue weighted by Crippen LogP contribution is -2.04. The molecule has 1 unspecified atom stereocenters. The summed E-state index contributed by atoms with van der Waals surface area (Å²) in [5, 5.41) is 9.83. The van der Waals surface area contributed by atoms with Gasteiger partial charge in [-0.25, -0.2) is 9.37 Å². The van der Waals surface area contributed by atoms with Gasteiger partial charge >= 0.3 is 0 Å². The minimum absolute atomic E-state index is 0.194. The smallest absolute Gasteiger partial charge is 0.143 e. The molecule has 0 saturated carbocycles. The maximum absolute atomic E-state index is 13.6. The van der Waals surface area contributed by atoms with Crippen molar-refractivity contribution in [3.63, 3.8) is 0 Å². The van der Waals surface area contributed by atoms with Gasteiger partial charge in [0.15, 0.2) is 0 Å². The van der Waals surface area contributed by atoms with Crippen molar-refractivity contribution in [2.24, 2.45) is 0 Å². The first-order valence-corrected chi connectivity index (χ1v) is 5.10. The number of benzene rings is 1. The molecule has 5 heteroatoms. The fourth-order valence-electron chi connectivity index (χ4n) is 1.31. The standard InChI is InChI=1S/C10H8BrFN2O/c11-7-3-1-2-6(8(7)12)9(15)10-13-4-5-14-10/h1-5,9,15H,(H,13,14). The van der Waals surface area contributed by atoms with E-state index in [0.29, 0.717) is 10.3 Å². The van der Waals surface area contributed by atoms with Gasteiger partial charge in [0.2, 0.25) is 0 Å². The van der Waals surface area contributed by atoms with Gasteiger partial charge in [0, 0.05) is 18.0 Å². The number of aliphatic hydroxyl groups is 1. The van der Waals surface area contributed by atoms with Crippen molar-refractivity contribution in [2.75, 3.05) is 0 Å². The molecule has 0 aliphatic heterocycles. The van der Waals surface area contributed by atoms with E-state index in [4.69, 9.17) is 0 Å². The highest BCUT2D eigenvalue weighted by atomic mass is 79.9. The molecule has 0 spiro atoms. The van der Waals surface area contributed by atoms with E-state index in [1.807, 2.05) is 0 Å². The van der Waals surface area contributed by atoms with Gasteiger partial charge in [-0.2, -0.15) is 0 Å². The van der Waals surface area contributed by atoms with Gasteiger partial charge in [-0.15, -0.1) is 0 Å². The van der Waals surface area contributed by atoms with E-state index in [9.17, 15) is 9.50 Å². The monoisotopic (exact) mass is 270 g/mol. The Balaban J connectivity index is 2.42. The molecule has 1 aromatic carbocycles. The van der Waals surface area contributed by atoms with Crippen molar-refractivity contribution in [3.05, 3.63) is 52.3 Å². The van der Waals surface area contributed by atoms with Crippen LogP contribution in [0.3, 0.4) is 0 Å². The van der Waals surface area contributed by atoms with Crippen LogP contribution in [0.5, 0.6) is 0 Å². The predicted molar refractivity (Wildman–Crippen MR) is 56.7 cm³/mol. The van der Waals surface area contributed by atoms with Crippen molar-refractivity contribution in [2.45, 2.75) is 6.10 Å². The van der Waals surface area contributed by atoms with Gasteiger partial charge < -0.3 is 10.1 Å². The summed E-state index contributed by atoms with van der Waals surface area (Å²) in [7, 11) is 0. The second-order valence-corrected chi connectivity index (χ2v) is 3.87. The van der Waals surface area contributed by atoms with E-state index in [1.54, 1.807) is 18.3 Å². The molecule has 1 aromatic heterocycles. The number of aliphatic hydroxyl groups excluding tert-OH is 1. The van der Waals surface area contributed by atoms with Gasteiger partial charge in [0.25, 0.3) is 0 Å². The number of aromatic nitrogens is 2. The molecule has 0 saturated heterocycles. The summed E-state index contributed by atoms with van der Waals surface area (Å²) in [6.45, 7) is 0. The summed E-state index contributed by atoms with van der Waals surface area (Å²) in [5.41, 5.74) is 0.194. The lowest BCUT2D eigenvalue weighted by Gasteiger charge is -2.09. The molecule has 1 atom stereocenters. The second-order valence-electron chi connectivity index (χ2n) is 3.02. The third-order valence-electron chi connectivity index (χ3n) is 2.05. The minimum atomic E-state index is -1.07. The predicted octanol–water partition coefficient (Wildman–Crippen LogP) is 2.39. The molecule has 0 bridgehead atoms. The normalized spacial score (nSPS) is 12.7. The summed E-state index contributed by atoms with van der Waals surface area (Å²) < 4.78 is 13.9. The van der Waals surface area contributed by atoms with Crippen LogP contribution in [-0.4, -0.2) is 15.1 Å². The Labute approximate surface area is 94.1 Å². The summed E-state index contributed by atoms with van der Waals surface area (Å²) in [4.78, 5) is 6.61. The van der Waals surface area contributed by atoms with Crippen molar-refractivity contribution in [1.82, 2.24) is 9.97 Å². The molecule has 0 aliphatic rings. The molecule has 78 valence electrons. The number of nitrogens with zero attached hydrogens (tertiary/aromatic N) is 1. The Morgan fingerprint density at radius 3 is 2.93 bits per heavy atom. The fourth-order valence-corrected chi connectivity index (χ4v) is 1.69. The van der Waals surface area contributed by atoms with Crippen LogP contribution in [0.4, 0.5) is 4.39 Å². The van der Waals surface area contributed by atoms with E-state index < -0.39 is 11.9 Å². The zero-order valence-corrected chi connectivity index (χ0v) is 9.20. The lowest BCUT2D eigenvalue weighted by atomic mass is 10.1. The van der Waals surface area contributed by atoms with Crippen LogP contribution in [0.1, 0.15) is 17.5 Å². The SMILES string of the molecule is OC(c1ncc[nH]1)c1cccc(Br)c1F. The molecular formula is C10H8BrFN2O. The Bertz CT molecular complexity index is 458. The Morgan fingerprint density at radius 2 is 2.27 bits per heavy atom. The van der Waals surface area contributed by atoms with E-state index in [1.165, 1.54) is 12.3 Å². The van der Waals surface area contributed by atoms with Gasteiger partial charge in [0.05, 0.1) is 4.47 Å². The highest BCUT2D eigenvalue weighted by Gasteiger charge is 2.18. The largest absolute Gasteiger partial charge is 0.380 e. The van der Waals surface area contributed by atoms with E-state index >= 15 is 0 Å². The Kier molecular flexibility index (Phi) is 2.83.